The predicted octanol–water partition coefficient (Wildman–Crippen LogP) is 4.25. The van der Waals surface area contributed by atoms with Gasteiger partial charge in [-0.2, -0.15) is 13.2 Å². The molecule has 1 aromatic carbocycles. The van der Waals surface area contributed by atoms with E-state index in [1.165, 1.54) is 12.1 Å². The van der Waals surface area contributed by atoms with Gasteiger partial charge in [0, 0.05) is 4.47 Å². The molecule has 1 heterocycles. The summed E-state index contributed by atoms with van der Waals surface area (Å²) in [6, 6.07) is 5.56. The summed E-state index contributed by atoms with van der Waals surface area (Å²) in [6.45, 7) is 0. The van der Waals surface area contributed by atoms with Gasteiger partial charge in [0.25, 0.3) is 5.91 Å². The van der Waals surface area contributed by atoms with Gasteiger partial charge in [-0.1, -0.05) is 15.9 Å². The second kappa shape index (κ2) is 5.80. The first-order valence-corrected chi connectivity index (χ1v) is 6.36. The summed E-state index contributed by atoms with van der Waals surface area (Å²) in [4.78, 5) is 15.0. The number of benzene rings is 1. The highest BCUT2D eigenvalue weighted by molar-refractivity contribution is 9.10. The number of hydrogen-bond donors (Lipinski definition) is 1. The molecule has 0 atom stereocenters. The van der Waals surface area contributed by atoms with E-state index in [0.29, 0.717) is 4.47 Å². The molecule has 21 heavy (non-hydrogen) atoms. The highest BCUT2D eigenvalue weighted by atomic mass is 79.9. The quantitative estimate of drug-likeness (QED) is 0.811. The Hall–Kier alpha value is -1.96. The Labute approximate surface area is 125 Å². The van der Waals surface area contributed by atoms with Crippen LogP contribution in [0.5, 0.6) is 0 Å². The van der Waals surface area contributed by atoms with Gasteiger partial charge in [0.15, 0.2) is 0 Å². The highest BCUT2D eigenvalue weighted by Crippen LogP contribution is 2.28. The fraction of sp³-hybridized carbons (Fsp3) is 0.0769. The molecule has 110 valence electrons. The number of aromatic nitrogens is 1. The summed E-state index contributed by atoms with van der Waals surface area (Å²) in [5.74, 6) is -1.52. The molecule has 0 fully saturated rings. The maximum Gasteiger partial charge on any atom is 0.433 e. The Morgan fingerprint density at radius 2 is 1.90 bits per heavy atom. The van der Waals surface area contributed by atoms with Crippen LogP contribution < -0.4 is 5.32 Å². The van der Waals surface area contributed by atoms with E-state index in [1.807, 2.05) is 0 Å². The summed E-state index contributed by atoms with van der Waals surface area (Å²) in [5, 5.41) is 2.28. The number of amides is 1. The number of alkyl halides is 3. The third-order valence-corrected chi connectivity index (χ3v) is 2.98. The van der Waals surface area contributed by atoms with Crippen LogP contribution in [0.1, 0.15) is 16.1 Å². The zero-order chi connectivity index (χ0) is 15.6. The van der Waals surface area contributed by atoms with Crippen molar-refractivity contribution < 1.29 is 22.4 Å². The van der Waals surface area contributed by atoms with E-state index in [9.17, 15) is 22.4 Å². The summed E-state index contributed by atoms with van der Waals surface area (Å²) in [5.41, 5.74) is -1.27. The van der Waals surface area contributed by atoms with Gasteiger partial charge in [-0.25, -0.2) is 9.37 Å². The zero-order valence-corrected chi connectivity index (χ0v) is 11.8. The molecule has 0 saturated heterocycles. The van der Waals surface area contributed by atoms with E-state index in [4.69, 9.17) is 0 Å². The monoisotopic (exact) mass is 362 g/mol. The first kappa shape index (κ1) is 15.4. The largest absolute Gasteiger partial charge is 0.433 e. The number of rotatable bonds is 2. The summed E-state index contributed by atoms with van der Waals surface area (Å²) in [7, 11) is 0. The summed E-state index contributed by atoms with van der Waals surface area (Å²) in [6.07, 6.45) is -3.70. The number of carbonyl (C=O) groups is 1. The maximum atomic E-state index is 13.5. The van der Waals surface area contributed by atoms with Crippen molar-refractivity contribution in [2.45, 2.75) is 6.18 Å². The summed E-state index contributed by atoms with van der Waals surface area (Å²) < 4.78 is 51.0. The third-order valence-electron chi connectivity index (χ3n) is 2.48. The molecule has 0 unspecified atom stereocenters. The predicted molar refractivity (Wildman–Crippen MR) is 71.3 cm³/mol. The molecule has 2 aromatic rings. The average molecular weight is 363 g/mol. The van der Waals surface area contributed by atoms with Gasteiger partial charge in [0.1, 0.15) is 11.5 Å². The Balaban J connectivity index is 2.18. The van der Waals surface area contributed by atoms with Gasteiger partial charge in [-0.15, -0.1) is 0 Å². The number of carbonyl (C=O) groups excluding carboxylic acids is 1. The van der Waals surface area contributed by atoms with Crippen molar-refractivity contribution in [3.8, 4) is 0 Å². The molecule has 0 saturated carbocycles. The van der Waals surface area contributed by atoms with Crippen molar-refractivity contribution in [2.75, 3.05) is 5.32 Å². The van der Waals surface area contributed by atoms with Crippen LogP contribution >= 0.6 is 15.9 Å². The number of anilines is 1. The van der Waals surface area contributed by atoms with Crippen LogP contribution in [0.2, 0.25) is 0 Å². The van der Waals surface area contributed by atoms with Crippen molar-refractivity contribution in [3.63, 3.8) is 0 Å². The fourth-order valence-corrected chi connectivity index (χ4v) is 1.87. The van der Waals surface area contributed by atoms with Crippen LogP contribution in [0.25, 0.3) is 0 Å². The molecule has 0 radical (unpaired) electrons. The average Bonchev–Trinajstić information content (AvgIpc) is 2.41. The van der Waals surface area contributed by atoms with E-state index in [-0.39, 0.29) is 11.3 Å². The molecule has 0 bridgehead atoms. The van der Waals surface area contributed by atoms with Gasteiger partial charge in [0.05, 0.1) is 17.4 Å². The van der Waals surface area contributed by atoms with Gasteiger partial charge < -0.3 is 5.32 Å². The first-order chi connectivity index (χ1) is 9.77. The van der Waals surface area contributed by atoms with Crippen molar-refractivity contribution in [1.29, 1.82) is 0 Å². The van der Waals surface area contributed by atoms with Gasteiger partial charge >= 0.3 is 6.18 Å². The van der Waals surface area contributed by atoms with Crippen LogP contribution in [-0.4, -0.2) is 10.9 Å². The highest BCUT2D eigenvalue weighted by Gasteiger charge is 2.32. The molecule has 8 heteroatoms. The molecule has 1 N–H and O–H groups in total. The second-order valence-electron chi connectivity index (χ2n) is 4.01. The first-order valence-electron chi connectivity index (χ1n) is 5.57. The molecule has 0 aliphatic heterocycles. The SMILES string of the molecule is O=C(Nc1ccc(C(F)(F)F)nc1)c1cc(Br)ccc1F. The van der Waals surface area contributed by atoms with Gasteiger partial charge in [0.2, 0.25) is 0 Å². The topological polar surface area (TPSA) is 42.0 Å². The van der Waals surface area contributed by atoms with E-state index in [2.05, 4.69) is 26.2 Å². The van der Waals surface area contributed by atoms with Crippen LogP contribution in [0, 0.1) is 5.82 Å². The second-order valence-corrected chi connectivity index (χ2v) is 4.92. The lowest BCUT2D eigenvalue weighted by atomic mass is 10.2. The smallest absolute Gasteiger partial charge is 0.320 e. The van der Waals surface area contributed by atoms with Crippen molar-refractivity contribution in [2.24, 2.45) is 0 Å². The van der Waals surface area contributed by atoms with E-state index in [1.54, 1.807) is 0 Å². The molecule has 0 aliphatic carbocycles. The number of pyridine rings is 1. The van der Waals surface area contributed by atoms with Crippen LogP contribution in [0.15, 0.2) is 41.0 Å². The van der Waals surface area contributed by atoms with E-state index >= 15 is 0 Å². The Bertz CT molecular complexity index is 671. The van der Waals surface area contributed by atoms with Crippen LogP contribution in [-0.2, 0) is 6.18 Å². The molecule has 1 aromatic heterocycles. The Morgan fingerprint density at radius 1 is 1.19 bits per heavy atom. The fourth-order valence-electron chi connectivity index (χ4n) is 1.51. The normalized spacial score (nSPS) is 11.3. The van der Waals surface area contributed by atoms with Crippen molar-refractivity contribution in [1.82, 2.24) is 4.98 Å². The summed E-state index contributed by atoms with van der Waals surface area (Å²) >= 11 is 3.10. The number of nitrogens with one attached hydrogen (secondary N) is 1. The molecule has 0 aliphatic rings. The van der Waals surface area contributed by atoms with Crippen LogP contribution in [0.4, 0.5) is 23.2 Å². The van der Waals surface area contributed by atoms with Crippen molar-refractivity contribution >= 4 is 27.5 Å². The van der Waals surface area contributed by atoms with Gasteiger partial charge in [-0.3, -0.25) is 4.79 Å². The molecule has 3 nitrogen and oxygen atoms in total. The third kappa shape index (κ3) is 3.78. The molecular weight excluding hydrogens is 356 g/mol. The van der Waals surface area contributed by atoms with E-state index < -0.39 is 23.6 Å². The lowest BCUT2D eigenvalue weighted by Gasteiger charge is -2.08. The minimum Gasteiger partial charge on any atom is -0.320 e. The Kier molecular flexibility index (Phi) is 4.26. The van der Waals surface area contributed by atoms with Crippen LogP contribution in [0.3, 0.4) is 0 Å². The lowest BCUT2D eigenvalue weighted by molar-refractivity contribution is -0.141. The minimum absolute atomic E-state index is 0.0346. The zero-order valence-electron chi connectivity index (χ0n) is 10.2. The maximum absolute atomic E-state index is 13.5. The minimum atomic E-state index is -4.56. The number of halogens is 5. The molecular formula is C13H7BrF4N2O. The standard InChI is InChI=1S/C13H7BrF4N2O/c14-7-1-3-10(15)9(5-7)12(21)20-8-2-4-11(19-6-8)13(16,17)18/h1-6H,(H,20,21). The lowest BCUT2D eigenvalue weighted by Crippen LogP contribution is -2.15. The Morgan fingerprint density at radius 3 is 2.48 bits per heavy atom. The molecule has 2 rings (SSSR count). The molecule has 1 amide bonds. The van der Waals surface area contributed by atoms with E-state index in [0.717, 1.165) is 24.4 Å². The van der Waals surface area contributed by atoms with Crippen molar-refractivity contribution in [3.05, 3.63) is 58.1 Å². The van der Waals surface area contributed by atoms with Gasteiger partial charge in [-0.05, 0) is 30.3 Å². The number of nitrogens with zero attached hydrogens (tertiary/aromatic N) is 1. The molecule has 0 spiro atoms. The number of hydrogen-bond acceptors (Lipinski definition) is 2.